The number of carbonyl (C=O) groups excluding carboxylic acids is 2. The molecule has 3 aromatic rings. The normalized spacial score (nSPS) is 26.2. The molecular weight excluding hydrogens is 914 g/mol. The van der Waals surface area contributed by atoms with Crippen LogP contribution in [0.3, 0.4) is 0 Å². The maximum absolute atomic E-state index is 13.6. The lowest BCUT2D eigenvalue weighted by atomic mass is 9.48. The molecule has 0 saturated heterocycles. The molecule has 66 heavy (non-hydrogen) atoms. The van der Waals surface area contributed by atoms with Gasteiger partial charge in [0, 0.05) is 30.0 Å². The quantitative estimate of drug-likeness (QED) is 0.0975. The molecule has 3 aromatic carbocycles. The molecule has 0 radical (unpaired) electrons. The van der Waals surface area contributed by atoms with Crippen molar-refractivity contribution in [2.45, 2.75) is 102 Å². The minimum Gasteiger partial charge on any atom is -0.495 e. The van der Waals surface area contributed by atoms with Crippen molar-refractivity contribution in [1.29, 1.82) is 0 Å². The highest BCUT2D eigenvalue weighted by molar-refractivity contribution is 7.89. The fourth-order valence-electron chi connectivity index (χ4n) is 10.9. The van der Waals surface area contributed by atoms with Crippen LogP contribution in [0.2, 0.25) is 0 Å². The first-order valence-electron chi connectivity index (χ1n) is 21.9. The number of benzene rings is 3. The molecular formula is C47H59ClF6N4O7S. The molecule has 7 rings (SSSR count). The number of nitrogens with one attached hydrogen (secondary N) is 3. The number of sulfonamides is 1. The van der Waals surface area contributed by atoms with Gasteiger partial charge in [0.1, 0.15) is 17.3 Å². The van der Waals surface area contributed by atoms with Crippen LogP contribution in [0.4, 0.5) is 32.0 Å². The number of methoxy groups -OCH3 is 1. The van der Waals surface area contributed by atoms with E-state index in [1.807, 2.05) is 57.2 Å². The Kier molecular flexibility index (Phi) is 16.5. The molecule has 0 aromatic heterocycles. The predicted octanol–water partition coefficient (Wildman–Crippen LogP) is 9.34. The molecule has 1 heterocycles. The first-order valence-corrected chi connectivity index (χ1v) is 23.4. The number of para-hydroxylation sites is 2. The minimum absolute atomic E-state index is 0. The molecule has 11 nitrogen and oxygen atoms in total. The van der Waals surface area contributed by atoms with Gasteiger partial charge in [-0.05, 0) is 136 Å². The van der Waals surface area contributed by atoms with E-state index in [9.17, 15) is 44.3 Å². The van der Waals surface area contributed by atoms with Crippen LogP contribution in [0.15, 0.2) is 77.7 Å². The molecule has 19 heteroatoms. The number of amides is 2. The van der Waals surface area contributed by atoms with E-state index in [0.717, 1.165) is 37.0 Å². The standard InChI is InChI=1S/C27H30F6N2O2.C20H28N2O5S.ClH/c1-24-11-9-17-15(4-8-21-25(17,2)12-10-22(36)35-21)16(24)6-7-19(24)23(37)34-20-13-14(26(28,29)30)3-5-18(20)27(31,32)33;1-4-26-17-7-5-6-8-18(17)27-12-11-22-15(2)13-16-9-10-19(25-3)20(14-16)28(21,23)24;/h3,5,10,12-13,15-17,19,21H,4,6-9,11H2,1-2H3,(H,34,37)(H,35,36);5-10,14-15,22H,4,11-13H2,1-3H3,(H2,21,23,24);1H/t15-,16-,17-,19+,21+,24-,25+;15-;/m01./s1. The van der Waals surface area contributed by atoms with E-state index < -0.39 is 56.4 Å². The van der Waals surface area contributed by atoms with Crippen LogP contribution in [-0.4, -0.2) is 59.2 Å². The third-order valence-corrected chi connectivity index (χ3v) is 14.9. The van der Waals surface area contributed by atoms with Crippen molar-refractivity contribution < 1.29 is 58.6 Å². The Hall–Kier alpha value is -4.52. The second kappa shape index (κ2) is 20.8. The van der Waals surface area contributed by atoms with Crippen molar-refractivity contribution in [2.24, 2.45) is 39.6 Å². The highest BCUT2D eigenvalue weighted by Gasteiger charge is 2.61. The van der Waals surface area contributed by atoms with Crippen LogP contribution in [0.1, 0.15) is 82.9 Å². The molecule has 3 saturated carbocycles. The van der Waals surface area contributed by atoms with Gasteiger partial charge in [-0.2, -0.15) is 26.3 Å². The van der Waals surface area contributed by atoms with Crippen molar-refractivity contribution in [3.05, 3.63) is 89.5 Å². The minimum atomic E-state index is -4.91. The maximum atomic E-state index is 13.6. The number of hydrogen-bond acceptors (Lipinski definition) is 8. The van der Waals surface area contributed by atoms with Crippen molar-refractivity contribution >= 4 is 39.9 Å². The highest BCUT2D eigenvalue weighted by Crippen LogP contribution is 2.65. The van der Waals surface area contributed by atoms with Crippen molar-refractivity contribution in [3.63, 3.8) is 0 Å². The summed E-state index contributed by atoms with van der Waals surface area (Å²) in [4.78, 5) is 25.3. The zero-order chi connectivity index (χ0) is 47.5. The van der Waals surface area contributed by atoms with E-state index in [4.69, 9.17) is 19.3 Å². The lowest BCUT2D eigenvalue weighted by Gasteiger charge is -2.58. The summed E-state index contributed by atoms with van der Waals surface area (Å²) in [7, 11) is -2.43. The monoisotopic (exact) mass is 972 g/mol. The predicted molar refractivity (Wildman–Crippen MR) is 240 cm³/mol. The van der Waals surface area contributed by atoms with Gasteiger partial charge in [-0.3, -0.25) is 9.59 Å². The van der Waals surface area contributed by atoms with E-state index in [1.54, 1.807) is 18.2 Å². The number of alkyl halides is 6. The lowest BCUT2D eigenvalue weighted by Crippen LogP contribution is -2.59. The van der Waals surface area contributed by atoms with Gasteiger partial charge < -0.3 is 30.2 Å². The zero-order valence-corrected chi connectivity index (χ0v) is 39.1. The number of primary sulfonamides is 1. The average molecular weight is 974 g/mol. The van der Waals surface area contributed by atoms with Gasteiger partial charge in [0.15, 0.2) is 11.5 Å². The Morgan fingerprint density at radius 1 is 0.909 bits per heavy atom. The van der Waals surface area contributed by atoms with Gasteiger partial charge in [-0.15, -0.1) is 12.4 Å². The molecule has 0 unspecified atom stereocenters. The number of halogens is 7. The fraction of sp³-hybridized carbons (Fsp3) is 0.532. The molecule has 8 atom stereocenters. The second-order valence-corrected chi connectivity index (χ2v) is 19.5. The van der Waals surface area contributed by atoms with E-state index in [0.29, 0.717) is 74.8 Å². The second-order valence-electron chi connectivity index (χ2n) is 18.0. The molecule has 3 aliphatic carbocycles. The van der Waals surface area contributed by atoms with Crippen molar-refractivity contribution in [1.82, 2.24) is 10.6 Å². The largest absolute Gasteiger partial charge is 0.495 e. The fourth-order valence-corrected chi connectivity index (χ4v) is 11.6. The topological polar surface area (TPSA) is 158 Å². The van der Waals surface area contributed by atoms with Crippen molar-refractivity contribution in [3.8, 4) is 17.2 Å². The van der Waals surface area contributed by atoms with Crippen LogP contribution in [-0.2, 0) is 38.4 Å². The van der Waals surface area contributed by atoms with Gasteiger partial charge in [0.2, 0.25) is 21.8 Å². The zero-order valence-electron chi connectivity index (χ0n) is 37.5. The summed E-state index contributed by atoms with van der Waals surface area (Å²) in [6.45, 7) is 9.83. The number of ether oxygens (including phenoxy) is 3. The third-order valence-electron chi connectivity index (χ3n) is 14.0. The molecule has 1 aliphatic heterocycles. The van der Waals surface area contributed by atoms with Gasteiger partial charge in [0.05, 0.1) is 30.5 Å². The van der Waals surface area contributed by atoms with Gasteiger partial charge in [-0.1, -0.05) is 38.1 Å². The first-order chi connectivity index (χ1) is 30.5. The van der Waals surface area contributed by atoms with Crippen LogP contribution in [0, 0.1) is 34.5 Å². The molecule has 4 aliphatic rings. The van der Waals surface area contributed by atoms with Crippen molar-refractivity contribution in [2.75, 3.05) is 32.2 Å². The summed E-state index contributed by atoms with van der Waals surface area (Å²) >= 11 is 0. The number of rotatable bonds is 13. The van der Waals surface area contributed by atoms with Crippen LogP contribution in [0.5, 0.6) is 17.2 Å². The molecule has 2 amide bonds. The van der Waals surface area contributed by atoms with Gasteiger partial charge >= 0.3 is 12.4 Å². The van der Waals surface area contributed by atoms with Gasteiger partial charge in [-0.25, -0.2) is 13.6 Å². The van der Waals surface area contributed by atoms with E-state index in [1.165, 1.54) is 7.11 Å². The SMILES string of the molecule is CCOc1ccccc1OCCN[C@H](C)Cc1ccc(OC)c(S(N)(=O)=O)c1.C[C@]12C=CC(=O)N[C@@H]1CC[C@@H]1[C@@H]2CC[C@]2(C)[C@@H](C(=O)Nc3cc(C(F)(F)F)ccc3C(F)(F)F)CC[C@@H]12.Cl. The number of nitrogens with two attached hydrogens (primary N) is 1. The Morgan fingerprint density at radius 3 is 2.24 bits per heavy atom. The first kappa shape index (κ1) is 52.4. The Morgan fingerprint density at radius 2 is 1.61 bits per heavy atom. The van der Waals surface area contributed by atoms with E-state index in [-0.39, 0.29) is 52.4 Å². The Labute approximate surface area is 388 Å². The number of fused-ring (bicyclic) bond motifs is 5. The highest BCUT2D eigenvalue weighted by atomic mass is 35.5. The van der Waals surface area contributed by atoms with Crippen LogP contribution >= 0.6 is 12.4 Å². The summed E-state index contributed by atoms with van der Waals surface area (Å²) in [5, 5.41) is 14.0. The summed E-state index contributed by atoms with van der Waals surface area (Å²) in [5.41, 5.74) is -3.20. The summed E-state index contributed by atoms with van der Waals surface area (Å²) < 4.78 is 120. The maximum Gasteiger partial charge on any atom is 0.418 e. The summed E-state index contributed by atoms with van der Waals surface area (Å²) in [6.07, 6.45) is -1.09. The average Bonchev–Trinajstić information content (AvgIpc) is 3.60. The van der Waals surface area contributed by atoms with Crippen LogP contribution < -0.4 is 35.3 Å². The smallest absolute Gasteiger partial charge is 0.418 e. The van der Waals surface area contributed by atoms with Crippen LogP contribution in [0.25, 0.3) is 0 Å². The van der Waals surface area contributed by atoms with E-state index >= 15 is 0 Å². The number of hydrogen-bond donors (Lipinski definition) is 4. The molecule has 0 spiro atoms. The molecule has 0 bridgehead atoms. The summed E-state index contributed by atoms with van der Waals surface area (Å²) in [6, 6.07) is 13.9. The molecule has 5 N–H and O–H groups in total. The number of anilines is 1. The third kappa shape index (κ3) is 11.6. The lowest BCUT2D eigenvalue weighted by molar-refractivity contribution is -0.141. The summed E-state index contributed by atoms with van der Waals surface area (Å²) in [5.74, 6) is 1.13. The Bertz CT molecular complexity index is 2350. The molecule has 3 fully saturated rings. The van der Waals surface area contributed by atoms with E-state index in [2.05, 4.69) is 22.9 Å². The molecule has 364 valence electrons. The van der Waals surface area contributed by atoms with Gasteiger partial charge in [0.25, 0.3) is 0 Å². The number of carbonyl (C=O) groups is 2. The Balaban J connectivity index is 0.000000254.